The molecule has 2 nitrogen and oxygen atoms in total. The summed E-state index contributed by atoms with van der Waals surface area (Å²) in [5.41, 5.74) is 2.54. The lowest BCUT2D eigenvalue weighted by Crippen LogP contribution is -2.44. The molecule has 1 aromatic carbocycles. The molecule has 1 aliphatic heterocycles. The molecule has 2 rings (SSSR count). The van der Waals surface area contributed by atoms with Gasteiger partial charge in [-0.2, -0.15) is 0 Å². The Bertz CT molecular complexity index is 444. The number of amides is 1. The van der Waals surface area contributed by atoms with E-state index in [-0.39, 0.29) is 0 Å². The number of piperidine rings is 1. The summed E-state index contributed by atoms with van der Waals surface area (Å²) >= 11 is 3.51. The molecule has 1 fully saturated rings. The van der Waals surface area contributed by atoms with Crippen LogP contribution in [0.4, 0.5) is 0 Å². The van der Waals surface area contributed by atoms with Crippen LogP contribution in [0.3, 0.4) is 0 Å². The summed E-state index contributed by atoms with van der Waals surface area (Å²) in [6.45, 7) is 3.05. The lowest BCUT2D eigenvalue weighted by atomic mass is 9.99. The number of benzene rings is 1. The molecule has 0 N–H and O–H groups in total. The standard InChI is InChI=1S/C17H24BrNO/c1-14-5-4-6-15(13-14)8-9-17(20)19-12-3-2-7-16(19)10-11-18/h4-6,13,16H,2-3,7-12H2,1H3. The van der Waals surface area contributed by atoms with Gasteiger partial charge in [0.1, 0.15) is 0 Å². The fourth-order valence-corrected chi connectivity index (χ4v) is 3.55. The number of rotatable bonds is 5. The smallest absolute Gasteiger partial charge is 0.223 e. The van der Waals surface area contributed by atoms with Crippen molar-refractivity contribution in [3.05, 3.63) is 35.4 Å². The third kappa shape index (κ3) is 4.34. The number of carbonyl (C=O) groups is 1. The minimum atomic E-state index is 0.331. The SMILES string of the molecule is Cc1cccc(CCC(=O)N2CCCCC2CCBr)c1. The summed E-state index contributed by atoms with van der Waals surface area (Å²) in [7, 11) is 0. The zero-order valence-electron chi connectivity index (χ0n) is 12.3. The van der Waals surface area contributed by atoms with Crippen molar-refractivity contribution in [2.75, 3.05) is 11.9 Å². The zero-order chi connectivity index (χ0) is 14.4. The first-order valence-electron chi connectivity index (χ1n) is 7.61. The van der Waals surface area contributed by atoms with Gasteiger partial charge >= 0.3 is 0 Å². The summed E-state index contributed by atoms with van der Waals surface area (Å²) in [5, 5.41) is 0.985. The van der Waals surface area contributed by atoms with Crippen molar-refractivity contribution in [3.8, 4) is 0 Å². The summed E-state index contributed by atoms with van der Waals surface area (Å²) in [6, 6.07) is 8.92. The second kappa shape index (κ2) is 7.82. The third-order valence-electron chi connectivity index (χ3n) is 4.10. The quantitative estimate of drug-likeness (QED) is 0.741. The van der Waals surface area contributed by atoms with Crippen LogP contribution in [-0.2, 0) is 11.2 Å². The molecule has 1 heterocycles. The van der Waals surface area contributed by atoms with Gasteiger partial charge in [0.25, 0.3) is 0 Å². The van der Waals surface area contributed by atoms with E-state index in [1.165, 1.54) is 24.0 Å². The van der Waals surface area contributed by atoms with Crippen molar-refractivity contribution in [1.29, 1.82) is 0 Å². The maximum Gasteiger partial charge on any atom is 0.223 e. The van der Waals surface area contributed by atoms with Gasteiger partial charge in [-0.05, 0) is 44.6 Å². The van der Waals surface area contributed by atoms with Crippen LogP contribution >= 0.6 is 15.9 Å². The molecule has 0 bridgehead atoms. The van der Waals surface area contributed by atoms with Gasteiger partial charge < -0.3 is 4.90 Å². The highest BCUT2D eigenvalue weighted by Gasteiger charge is 2.25. The van der Waals surface area contributed by atoms with E-state index in [2.05, 4.69) is 52.0 Å². The average Bonchev–Trinajstić information content (AvgIpc) is 2.46. The fourth-order valence-electron chi connectivity index (χ4n) is 3.02. The second-order valence-corrected chi connectivity index (χ2v) is 6.50. The Morgan fingerprint density at radius 3 is 3.00 bits per heavy atom. The molecule has 1 aromatic rings. The van der Waals surface area contributed by atoms with Crippen molar-refractivity contribution < 1.29 is 4.79 Å². The number of halogens is 1. The van der Waals surface area contributed by atoms with Crippen LogP contribution in [0.5, 0.6) is 0 Å². The van der Waals surface area contributed by atoms with Gasteiger partial charge in [-0.15, -0.1) is 0 Å². The van der Waals surface area contributed by atoms with Gasteiger partial charge in [-0.1, -0.05) is 45.8 Å². The second-order valence-electron chi connectivity index (χ2n) is 5.70. The molecule has 3 heteroatoms. The molecule has 0 radical (unpaired) electrons. The molecule has 0 spiro atoms. The minimum absolute atomic E-state index is 0.331. The molecular formula is C17H24BrNO. The van der Waals surface area contributed by atoms with Gasteiger partial charge in [0, 0.05) is 24.3 Å². The Balaban J connectivity index is 1.89. The van der Waals surface area contributed by atoms with Crippen LogP contribution in [0.2, 0.25) is 0 Å². The lowest BCUT2D eigenvalue weighted by Gasteiger charge is -2.35. The highest BCUT2D eigenvalue weighted by molar-refractivity contribution is 9.09. The molecule has 1 aliphatic rings. The monoisotopic (exact) mass is 337 g/mol. The van der Waals surface area contributed by atoms with Crippen LogP contribution in [-0.4, -0.2) is 28.7 Å². The minimum Gasteiger partial charge on any atom is -0.340 e. The van der Waals surface area contributed by atoms with Crippen molar-refractivity contribution in [1.82, 2.24) is 4.90 Å². The summed E-state index contributed by atoms with van der Waals surface area (Å²) in [5.74, 6) is 0.331. The van der Waals surface area contributed by atoms with E-state index in [0.717, 1.165) is 31.1 Å². The van der Waals surface area contributed by atoms with Crippen molar-refractivity contribution >= 4 is 21.8 Å². The normalized spacial score (nSPS) is 19.1. The molecule has 0 aromatic heterocycles. The van der Waals surface area contributed by atoms with E-state index in [1.54, 1.807) is 0 Å². The lowest BCUT2D eigenvalue weighted by molar-refractivity contribution is -0.134. The van der Waals surface area contributed by atoms with E-state index < -0.39 is 0 Å². The highest BCUT2D eigenvalue weighted by atomic mass is 79.9. The number of carbonyl (C=O) groups excluding carboxylic acids is 1. The fraction of sp³-hybridized carbons (Fsp3) is 0.588. The molecule has 1 unspecified atom stereocenters. The number of hydrogen-bond acceptors (Lipinski definition) is 1. The maximum atomic E-state index is 12.5. The van der Waals surface area contributed by atoms with Crippen molar-refractivity contribution in [2.24, 2.45) is 0 Å². The maximum absolute atomic E-state index is 12.5. The van der Waals surface area contributed by atoms with Crippen LogP contribution < -0.4 is 0 Å². The highest BCUT2D eigenvalue weighted by Crippen LogP contribution is 2.21. The van der Waals surface area contributed by atoms with E-state index in [1.807, 2.05) is 0 Å². The number of aryl methyl sites for hydroxylation is 2. The number of nitrogens with zero attached hydrogens (tertiary/aromatic N) is 1. The summed E-state index contributed by atoms with van der Waals surface area (Å²) in [4.78, 5) is 14.6. The molecule has 0 aliphatic carbocycles. The van der Waals surface area contributed by atoms with Gasteiger partial charge in [0.2, 0.25) is 5.91 Å². The molecule has 110 valence electrons. The van der Waals surface area contributed by atoms with E-state index in [9.17, 15) is 4.79 Å². The molecular weight excluding hydrogens is 314 g/mol. The zero-order valence-corrected chi connectivity index (χ0v) is 13.9. The first-order valence-corrected chi connectivity index (χ1v) is 8.74. The number of likely N-dealkylation sites (tertiary alicyclic amines) is 1. The van der Waals surface area contributed by atoms with Gasteiger partial charge in [0.15, 0.2) is 0 Å². The summed E-state index contributed by atoms with van der Waals surface area (Å²) in [6.07, 6.45) is 6.17. The Morgan fingerprint density at radius 2 is 2.25 bits per heavy atom. The van der Waals surface area contributed by atoms with Crippen molar-refractivity contribution in [2.45, 2.75) is 51.5 Å². The first kappa shape index (κ1) is 15.6. The largest absolute Gasteiger partial charge is 0.340 e. The molecule has 1 amide bonds. The average molecular weight is 338 g/mol. The Hall–Kier alpha value is -0.830. The van der Waals surface area contributed by atoms with E-state index in [4.69, 9.17) is 0 Å². The predicted octanol–water partition coefficient (Wildman–Crippen LogP) is 4.09. The van der Waals surface area contributed by atoms with Gasteiger partial charge in [-0.25, -0.2) is 0 Å². The Labute approximate surface area is 130 Å². The predicted molar refractivity (Wildman–Crippen MR) is 87.3 cm³/mol. The Kier molecular flexibility index (Phi) is 6.08. The van der Waals surface area contributed by atoms with E-state index >= 15 is 0 Å². The van der Waals surface area contributed by atoms with Gasteiger partial charge in [-0.3, -0.25) is 4.79 Å². The van der Waals surface area contributed by atoms with Crippen LogP contribution in [0.25, 0.3) is 0 Å². The number of hydrogen-bond donors (Lipinski definition) is 0. The molecule has 20 heavy (non-hydrogen) atoms. The van der Waals surface area contributed by atoms with Crippen LogP contribution in [0.15, 0.2) is 24.3 Å². The molecule has 0 saturated carbocycles. The Morgan fingerprint density at radius 1 is 1.40 bits per heavy atom. The molecule has 1 saturated heterocycles. The van der Waals surface area contributed by atoms with E-state index in [0.29, 0.717) is 18.4 Å². The summed E-state index contributed by atoms with van der Waals surface area (Å²) < 4.78 is 0. The molecule has 1 atom stereocenters. The topological polar surface area (TPSA) is 20.3 Å². The third-order valence-corrected chi connectivity index (χ3v) is 4.56. The van der Waals surface area contributed by atoms with Crippen LogP contribution in [0.1, 0.15) is 43.2 Å². The number of alkyl halides is 1. The van der Waals surface area contributed by atoms with Crippen molar-refractivity contribution in [3.63, 3.8) is 0 Å². The first-order chi connectivity index (χ1) is 9.70. The van der Waals surface area contributed by atoms with Gasteiger partial charge in [0.05, 0.1) is 0 Å². The van der Waals surface area contributed by atoms with Crippen LogP contribution in [0, 0.1) is 6.92 Å².